The average Bonchev–Trinajstić information content (AvgIpc) is 2.60. The summed E-state index contributed by atoms with van der Waals surface area (Å²) in [5, 5.41) is 2.50. The smallest absolute Gasteiger partial charge is 0.325 e. The molecule has 0 atom stereocenters. The van der Waals surface area contributed by atoms with Crippen molar-refractivity contribution in [1.29, 1.82) is 0 Å². The molecule has 1 aromatic carbocycles. The predicted molar refractivity (Wildman–Crippen MR) is 81.2 cm³/mol. The van der Waals surface area contributed by atoms with Gasteiger partial charge in [-0.1, -0.05) is 19.3 Å². The van der Waals surface area contributed by atoms with Crippen LogP contribution in [-0.4, -0.2) is 30.8 Å². The van der Waals surface area contributed by atoms with E-state index in [4.69, 9.17) is 4.74 Å². The highest BCUT2D eigenvalue weighted by molar-refractivity contribution is 5.98. The molecule has 7 heteroatoms. The SMILES string of the molecule is O=C(CNC(=O)C1CCCCC1)OCC(=O)c1ccc(F)c(F)c1. The summed E-state index contributed by atoms with van der Waals surface area (Å²) in [6.45, 7) is -0.913. The van der Waals surface area contributed by atoms with E-state index in [1.807, 2.05) is 0 Å². The minimum atomic E-state index is -1.15. The molecule has 24 heavy (non-hydrogen) atoms. The molecule has 0 bridgehead atoms. The van der Waals surface area contributed by atoms with E-state index in [0.717, 1.165) is 50.3 Å². The Morgan fingerprint density at radius 3 is 2.46 bits per heavy atom. The molecule has 1 fully saturated rings. The second kappa shape index (κ2) is 8.52. The number of ketones is 1. The first kappa shape index (κ1) is 18.0. The summed E-state index contributed by atoms with van der Waals surface area (Å²) < 4.78 is 30.6. The molecule has 130 valence electrons. The Morgan fingerprint density at radius 1 is 1.08 bits per heavy atom. The molecule has 0 unspecified atom stereocenters. The number of rotatable bonds is 6. The topological polar surface area (TPSA) is 72.5 Å². The molecule has 0 spiro atoms. The Bertz CT molecular complexity index is 627. The molecule has 1 saturated carbocycles. The van der Waals surface area contributed by atoms with E-state index in [0.29, 0.717) is 0 Å². The van der Waals surface area contributed by atoms with Crippen molar-refractivity contribution in [3.63, 3.8) is 0 Å². The zero-order valence-electron chi connectivity index (χ0n) is 13.1. The van der Waals surface area contributed by atoms with Crippen LogP contribution in [0.3, 0.4) is 0 Å². The van der Waals surface area contributed by atoms with Gasteiger partial charge in [-0.25, -0.2) is 8.78 Å². The van der Waals surface area contributed by atoms with Gasteiger partial charge < -0.3 is 10.1 Å². The summed E-state index contributed by atoms with van der Waals surface area (Å²) in [6, 6.07) is 2.69. The van der Waals surface area contributed by atoms with E-state index >= 15 is 0 Å². The fourth-order valence-corrected chi connectivity index (χ4v) is 2.62. The number of hydrogen-bond donors (Lipinski definition) is 1. The summed E-state index contributed by atoms with van der Waals surface area (Å²) in [5.41, 5.74) is -0.0899. The van der Waals surface area contributed by atoms with Crippen molar-refractivity contribution in [2.75, 3.05) is 13.2 Å². The number of nitrogens with one attached hydrogen (secondary N) is 1. The van der Waals surface area contributed by atoms with E-state index in [1.54, 1.807) is 0 Å². The largest absolute Gasteiger partial charge is 0.456 e. The van der Waals surface area contributed by atoms with Crippen LogP contribution < -0.4 is 5.32 Å². The van der Waals surface area contributed by atoms with Gasteiger partial charge in [0.25, 0.3) is 0 Å². The number of benzene rings is 1. The maximum Gasteiger partial charge on any atom is 0.325 e. The monoisotopic (exact) mass is 339 g/mol. The van der Waals surface area contributed by atoms with E-state index in [1.165, 1.54) is 0 Å². The Labute approximate surface area is 138 Å². The summed E-state index contributed by atoms with van der Waals surface area (Å²) in [4.78, 5) is 35.2. The van der Waals surface area contributed by atoms with E-state index in [2.05, 4.69) is 5.32 Å². The summed E-state index contributed by atoms with van der Waals surface area (Å²) in [6.07, 6.45) is 4.76. The van der Waals surface area contributed by atoms with Crippen LogP contribution in [0.15, 0.2) is 18.2 Å². The molecule has 1 N–H and O–H groups in total. The number of hydrogen-bond acceptors (Lipinski definition) is 4. The molecule has 1 aromatic rings. The van der Waals surface area contributed by atoms with Crippen molar-refractivity contribution >= 4 is 17.7 Å². The normalized spacial score (nSPS) is 14.9. The van der Waals surface area contributed by atoms with Gasteiger partial charge >= 0.3 is 5.97 Å². The third-order valence-corrected chi connectivity index (χ3v) is 3.99. The lowest BCUT2D eigenvalue weighted by molar-refractivity contribution is -0.143. The molecule has 0 radical (unpaired) electrons. The lowest BCUT2D eigenvalue weighted by atomic mass is 9.89. The van der Waals surface area contributed by atoms with Gasteiger partial charge in [0.1, 0.15) is 6.54 Å². The molecule has 5 nitrogen and oxygen atoms in total. The van der Waals surface area contributed by atoms with Crippen LogP contribution in [0.25, 0.3) is 0 Å². The number of halogens is 2. The van der Waals surface area contributed by atoms with Crippen molar-refractivity contribution in [3.05, 3.63) is 35.4 Å². The average molecular weight is 339 g/mol. The highest BCUT2D eigenvalue weighted by atomic mass is 19.2. The second-order valence-electron chi connectivity index (χ2n) is 5.77. The zero-order valence-corrected chi connectivity index (χ0v) is 13.1. The Balaban J connectivity index is 1.73. The summed E-state index contributed by atoms with van der Waals surface area (Å²) >= 11 is 0. The number of carbonyl (C=O) groups excluding carboxylic acids is 3. The van der Waals surface area contributed by atoms with Crippen LogP contribution in [-0.2, 0) is 14.3 Å². The van der Waals surface area contributed by atoms with Gasteiger partial charge in [0.15, 0.2) is 24.0 Å². The van der Waals surface area contributed by atoms with E-state index in [-0.39, 0.29) is 23.9 Å². The number of ether oxygens (including phenoxy) is 1. The molecule has 0 saturated heterocycles. The van der Waals surface area contributed by atoms with Crippen LogP contribution >= 0.6 is 0 Å². The number of Topliss-reactive ketones (excluding diaryl/α,β-unsaturated/α-hetero) is 1. The molecule has 0 heterocycles. The van der Waals surface area contributed by atoms with Gasteiger partial charge in [-0.05, 0) is 31.0 Å². The number of carbonyl (C=O) groups is 3. The fourth-order valence-electron chi connectivity index (χ4n) is 2.62. The first-order chi connectivity index (χ1) is 11.5. The lowest BCUT2D eigenvalue weighted by Crippen LogP contribution is -2.36. The van der Waals surface area contributed by atoms with Gasteiger partial charge in [-0.15, -0.1) is 0 Å². The highest BCUT2D eigenvalue weighted by Gasteiger charge is 2.21. The van der Waals surface area contributed by atoms with Crippen LogP contribution in [0.5, 0.6) is 0 Å². The standard InChI is InChI=1S/C17H19F2NO4/c18-13-7-6-12(8-14(13)19)15(21)10-24-16(22)9-20-17(23)11-4-2-1-3-5-11/h6-8,11H,1-5,9-10H2,(H,20,23). The quantitative estimate of drug-likeness (QED) is 0.638. The Morgan fingerprint density at radius 2 is 1.79 bits per heavy atom. The van der Waals surface area contributed by atoms with Gasteiger partial charge in [0, 0.05) is 11.5 Å². The van der Waals surface area contributed by atoms with Crippen molar-refractivity contribution in [1.82, 2.24) is 5.32 Å². The first-order valence-electron chi connectivity index (χ1n) is 7.89. The molecular formula is C17H19F2NO4. The van der Waals surface area contributed by atoms with Crippen molar-refractivity contribution < 1.29 is 27.9 Å². The van der Waals surface area contributed by atoms with E-state index < -0.39 is 30.0 Å². The fraction of sp³-hybridized carbons (Fsp3) is 0.471. The number of amides is 1. The molecule has 0 aliphatic heterocycles. The second-order valence-corrected chi connectivity index (χ2v) is 5.77. The molecule has 2 rings (SSSR count). The molecule has 0 aromatic heterocycles. The number of esters is 1. The van der Waals surface area contributed by atoms with Gasteiger partial charge in [-0.3, -0.25) is 14.4 Å². The van der Waals surface area contributed by atoms with Crippen LogP contribution in [0.1, 0.15) is 42.5 Å². The summed E-state index contributed by atoms with van der Waals surface area (Å²) in [7, 11) is 0. The van der Waals surface area contributed by atoms with Crippen LogP contribution in [0.2, 0.25) is 0 Å². The minimum absolute atomic E-state index is 0.0737. The van der Waals surface area contributed by atoms with Crippen molar-refractivity contribution in [2.24, 2.45) is 5.92 Å². The van der Waals surface area contributed by atoms with Gasteiger partial charge in [0.2, 0.25) is 5.91 Å². The zero-order chi connectivity index (χ0) is 17.5. The van der Waals surface area contributed by atoms with Crippen molar-refractivity contribution in [2.45, 2.75) is 32.1 Å². The third-order valence-electron chi connectivity index (χ3n) is 3.99. The molecular weight excluding hydrogens is 320 g/mol. The third kappa shape index (κ3) is 5.11. The van der Waals surface area contributed by atoms with E-state index in [9.17, 15) is 23.2 Å². The Kier molecular flexibility index (Phi) is 6.40. The summed E-state index contributed by atoms with van der Waals surface area (Å²) in [5.74, 6) is -3.87. The minimum Gasteiger partial charge on any atom is -0.456 e. The maximum atomic E-state index is 13.0. The lowest BCUT2D eigenvalue weighted by Gasteiger charge is -2.20. The van der Waals surface area contributed by atoms with Gasteiger partial charge in [0.05, 0.1) is 0 Å². The predicted octanol–water partition coefficient (Wildman–Crippen LogP) is 2.39. The highest BCUT2D eigenvalue weighted by Crippen LogP contribution is 2.23. The van der Waals surface area contributed by atoms with Crippen LogP contribution in [0.4, 0.5) is 8.78 Å². The van der Waals surface area contributed by atoms with Crippen molar-refractivity contribution in [3.8, 4) is 0 Å². The first-order valence-corrected chi connectivity index (χ1v) is 7.89. The molecule has 1 aliphatic rings. The van der Waals surface area contributed by atoms with Crippen LogP contribution in [0, 0.1) is 17.6 Å². The molecule has 1 amide bonds. The Hall–Kier alpha value is -2.31. The maximum absolute atomic E-state index is 13.0. The molecule has 1 aliphatic carbocycles. The van der Waals surface area contributed by atoms with Gasteiger partial charge in [-0.2, -0.15) is 0 Å².